The SMILES string of the molecule is CCn1ncc(C(O)c2nn(C)cc2C)c1Br. The van der Waals surface area contributed by atoms with E-state index in [-0.39, 0.29) is 0 Å². The molecule has 1 atom stereocenters. The van der Waals surface area contributed by atoms with Gasteiger partial charge in [0.2, 0.25) is 0 Å². The summed E-state index contributed by atoms with van der Waals surface area (Å²) in [5.74, 6) is 0. The van der Waals surface area contributed by atoms with Gasteiger partial charge in [0, 0.05) is 25.4 Å². The Hall–Kier alpha value is -1.14. The van der Waals surface area contributed by atoms with Gasteiger partial charge >= 0.3 is 0 Å². The summed E-state index contributed by atoms with van der Waals surface area (Å²) in [6, 6.07) is 0. The molecule has 5 nitrogen and oxygen atoms in total. The zero-order valence-electron chi connectivity index (χ0n) is 10.1. The van der Waals surface area contributed by atoms with Crippen molar-refractivity contribution in [3.05, 3.63) is 33.8 Å². The lowest BCUT2D eigenvalue weighted by Gasteiger charge is -2.08. The average Bonchev–Trinajstić information content (AvgIpc) is 2.81. The molecule has 0 radical (unpaired) electrons. The second-order valence-corrected chi connectivity index (χ2v) is 4.73. The van der Waals surface area contributed by atoms with Gasteiger partial charge in [-0.05, 0) is 35.3 Å². The molecule has 6 heteroatoms. The summed E-state index contributed by atoms with van der Waals surface area (Å²) in [6.45, 7) is 4.69. The number of aromatic nitrogens is 4. The Balaban J connectivity index is 2.40. The quantitative estimate of drug-likeness (QED) is 0.940. The summed E-state index contributed by atoms with van der Waals surface area (Å²) in [5, 5.41) is 18.8. The number of rotatable bonds is 3. The summed E-state index contributed by atoms with van der Waals surface area (Å²) in [7, 11) is 1.84. The van der Waals surface area contributed by atoms with Crippen molar-refractivity contribution in [2.75, 3.05) is 0 Å². The van der Waals surface area contributed by atoms with Gasteiger partial charge in [0.05, 0.1) is 11.9 Å². The fourth-order valence-corrected chi connectivity index (χ4v) is 2.49. The summed E-state index contributed by atoms with van der Waals surface area (Å²) in [4.78, 5) is 0. The molecule has 2 aromatic rings. The van der Waals surface area contributed by atoms with Crippen molar-refractivity contribution in [1.82, 2.24) is 19.6 Å². The number of aliphatic hydroxyl groups excluding tert-OH is 1. The Morgan fingerprint density at radius 2 is 2.24 bits per heavy atom. The highest BCUT2D eigenvalue weighted by molar-refractivity contribution is 9.10. The minimum Gasteiger partial charge on any atom is -0.382 e. The zero-order chi connectivity index (χ0) is 12.6. The minimum atomic E-state index is -0.745. The molecular weight excluding hydrogens is 284 g/mol. The monoisotopic (exact) mass is 298 g/mol. The van der Waals surface area contributed by atoms with Gasteiger partial charge in [-0.15, -0.1) is 0 Å². The first kappa shape index (κ1) is 12.3. The molecule has 0 aliphatic rings. The Labute approximate surface area is 108 Å². The fraction of sp³-hybridized carbons (Fsp3) is 0.455. The van der Waals surface area contributed by atoms with Crippen molar-refractivity contribution >= 4 is 15.9 Å². The van der Waals surface area contributed by atoms with Gasteiger partial charge in [-0.1, -0.05) is 0 Å². The summed E-state index contributed by atoms with van der Waals surface area (Å²) >= 11 is 3.45. The molecule has 0 aromatic carbocycles. The van der Waals surface area contributed by atoms with Crippen LogP contribution in [0.2, 0.25) is 0 Å². The molecule has 0 bridgehead atoms. The van der Waals surface area contributed by atoms with E-state index in [4.69, 9.17) is 0 Å². The van der Waals surface area contributed by atoms with Crippen LogP contribution < -0.4 is 0 Å². The summed E-state index contributed by atoms with van der Waals surface area (Å²) in [6.07, 6.45) is 2.81. The van der Waals surface area contributed by atoms with E-state index in [1.807, 2.05) is 27.1 Å². The number of hydrogen-bond acceptors (Lipinski definition) is 3. The van der Waals surface area contributed by atoms with Crippen LogP contribution in [0.4, 0.5) is 0 Å². The van der Waals surface area contributed by atoms with Gasteiger partial charge in [-0.2, -0.15) is 10.2 Å². The molecule has 0 aliphatic carbocycles. The Morgan fingerprint density at radius 3 is 2.71 bits per heavy atom. The number of aryl methyl sites for hydroxylation is 3. The summed E-state index contributed by atoms with van der Waals surface area (Å²) in [5.41, 5.74) is 2.38. The average molecular weight is 299 g/mol. The van der Waals surface area contributed by atoms with E-state index in [1.54, 1.807) is 15.6 Å². The van der Waals surface area contributed by atoms with Gasteiger partial charge in [0.15, 0.2) is 0 Å². The van der Waals surface area contributed by atoms with E-state index < -0.39 is 6.10 Å². The van der Waals surface area contributed by atoms with Crippen LogP contribution >= 0.6 is 15.9 Å². The normalized spacial score (nSPS) is 13.0. The highest BCUT2D eigenvalue weighted by atomic mass is 79.9. The zero-order valence-corrected chi connectivity index (χ0v) is 11.6. The van der Waals surface area contributed by atoms with Crippen molar-refractivity contribution in [2.24, 2.45) is 7.05 Å². The molecule has 2 aromatic heterocycles. The topological polar surface area (TPSA) is 55.9 Å². The number of nitrogens with zero attached hydrogens (tertiary/aromatic N) is 4. The van der Waals surface area contributed by atoms with Gasteiger partial charge < -0.3 is 5.11 Å². The molecule has 0 saturated carbocycles. The molecule has 0 saturated heterocycles. The molecule has 1 N–H and O–H groups in total. The maximum atomic E-state index is 10.3. The second-order valence-electron chi connectivity index (χ2n) is 3.98. The maximum absolute atomic E-state index is 10.3. The predicted octanol–water partition coefficient (Wildman–Crippen LogP) is 1.79. The van der Waals surface area contributed by atoms with Crippen LogP contribution in [-0.2, 0) is 13.6 Å². The largest absolute Gasteiger partial charge is 0.382 e. The van der Waals surface area contributed by atoms with Crippen LogP contribution in [0.25, 0.3) is 0 Å². The summed E-state index contributed by atoms with van der Waals surface area (Å²) < 4.78 is 4.29. The molecule has 0 aliphatic heterocycles. The highest BCUT2D eigenvalue weighted by Gasteiger charge is 2.21. The molecule has 0 amide bonds. The molecule has 2 rings (SSSR count). The first-order valence-corrected chi connectivity index (χ1v) is 6.23. The lowest BCUT2D eigenvalue weighted by Crippen LogP contribution is -2.04. The third-order valence-electron chi connectivity index (χ3n) is 2.70. The minimum absolute atomic E-state index is 0.670. The van der Waals surface area contributed by atoms with Crippen LogP contribution in [0.15, 0.2) is 17.0 Å². The van der Waals surface area contributed by atoms with E-state index in [2.05, 4.69) is 26.1 Å². The first-order chi connectivity index (χ1) is 8.04. The van der Waals surface area contributed by atoms with E-state index >= 15 is 0 Å². The van der Waals surface area contributed by atoms with Crippen LogP contribution in [0.5, 0.6) is 0 Å². The Morgan fingerprint density at radius 1 is 1.53 bits per heavy atom. The second kappa shape index (κ2) is 4.62. The fourth-order valence-electron chi connectivity index (χ4n) is 1.83. The lowest BCUT2D eigenvalue weighted by molar-refractivity contribution is 0.212. The van der Waals surface area contributed by atoms with E-state index in [0.29, 0.717) is 5.69 Å². The van der Waals surface area contributed by atoms with Crippen LogP contribution in [0, 0.1) is 6.92 Å². The Kier molecular flexibility index (Phi) is 3.35. The van der Waals surface area contributed by atoms with Crippen LogP contribution in [0.3, 0.4) is 0 Å². The highest BCUT2D eigenvalue weighted by Crippen LogP contribution is 2.29. The van der Waals surface area contributed by atoms with E-state index in [1.165, 1.54) is 0 Å². The molecule has 17 heavy (non-hydrogen) atoms. The molecule has 92 valence electrons. The third kappa shape index (κ3) is 2.14. The van der Waals surface area contributed by atoms with E-state index in [0.717, 1.165) is 22.3 Å². The molecule has 1 unspecified atom stereocenters. The molecule has 2 heterocycles. The van der Waals surface area contributed by atoms with Crippen molar-refractivity contribution in [3.63, 3.8) is 0 Å². The molecule has 0 spiro atoms. The van der Waals surface area contributed by atoms with Crippen LogP contribution in [-0.4, -0.2) is 24.7 Å². The van der Waals surface area contributed by atoms with E-state index in [9.17, 15) is 5.11 Å². The standard InChI is InChI=1S/C11H15BrN4O/c1-4-16-11(12)8(5-13-16)10(17)9-7(2)6-15(3)14-9/h5-6,10,17H,4H2,1-3H3. The smallest absolute Gasteiger partial charge is 0.127 e. The van der Waals surface area contributed by atoms with Gasteiger partial charge in [-0.3, -0.25) is 9.36 Å². The van der Waals surface area contributed by atoms with Gasteiger partial charge in [-0.25, -0.2) is 0 Å². The van der Waals surface area contributed by atoms with Crippen molar-refractivity contribution in [3.8, 4) is 0 Å². The number of hydrogen-bond donors (Lipinski definition) is 1. The lowest BCUT2D eigenvalue weighted by atomic mass is 10.1. The molecule has 0 fully saturated rings. The number of halogens is 1. The maximum Gasteiger partial charge on any atom is 0.127 e. The van der Waals surface area contributed by atoms with Crippen LogP contribution in [0.1, 0.15) is 29.8 Å². The van der Waals surface area contributed by atoms with Gasteiger partial charge in [0.25, 0.3) is 0 Å². The number of aliphatic hydroxyl groups is 1. The molecular formula is C11H15BrN4O. The van der Waals surface area contributed by atoms with Crippen molar-refractivity contribution < 1.29 is 5.11 Å². The van der Waals surface area contributed by atoms with Crippen molar-refractivity contribution in [2.45, 2.75) is 26.5 Å². The Bertz CT molecular complexity index is 532. The van der Waals surface area contributed by atoms with Crippen molar-refractivity contribution in [1.29, 1.82) is 0 Å². The third-order valence-corrected chi connectivity index (χ3v) is 3.57. The van der Waals surface area contributed by atoms with Gasteiger partial charge in [0.1, 0.15) is 10.7 Å². The first-order valence-electron chi connectivity index (χ1n) is 5.44. The predicted molar refractivity (Wildman–Crippen MR) is 67.6 cm³/mol.